The van der Waals surface area contributed by atoms with Crippen molar-refractivity contribution in [3.8, 4) is 0 Å². The van der Waals surface area contributed by atoms with Crippen LogP contribution in [0.25, 0.3) is 0 Å². The Labute approximate surface area is 69.7 Å². The van der Waals surface area contributed by atoms with Gasteiger partial charge in [-0.05, 0) is 0 Å². The maximum Gasteiger partial charge on any atom is 0.389 e. The average Bonchev–Trinajstić information content (AvgIpc) is 1.79. The zero-order valence-electron chi connectivity index (χ0n) is 6.56. The first-order valence-electron chi connectivity index (χ1n) is 3.28. The summed E-state index contributed by atoms with van der Waals surface area (Å²) in [4.78, 5) is 0. The van der Waals surface area contributed by atoms with Crippen LogP contribution < -0.4 is 0 Å². The number of rotatable bonds is 3. The fourth-order valence-corrected chi connectivity index (χ4v) is 0.518. The van der Waals surface area contributed by atoms with E-state index >= 15 is 0 Å². The van der Waals surface area contributed by atoms with Gasteiger partial charge < -0.3 is 0 Å². The Kier molecular flexibility index (Phi) is 3.21. The fraction of sp³-hybridized carbons (Fsp3) is 1.00. The van der Waals surface area contributed by atoms with Crippen LogP contribution in [0.3, 0.4) is 0 Å². The summed E-state index contributed by atoms with van der Waals surface area (Å²) in [7, 11) is 0. The van der Waals surface area contributed by atoms with Gasteiger partial charge >= 0.3 is 18.0 Å². The molecule has 80 valence electrons. The minimum Gasteiger partial charge on any atom is -0.200 e. The molecule has 0 nitrogen and oxygen atoms in total. The van der Waals surface area contributed by atoms with Gasteiger partial charge in [0.05, 0.1) is 0 Å². The van der Waals surface area contributed by atoms with Gasteiger partial charge in [-0.15, -0.1) is 0 Å². The molecule has 0 aromatic carbocycles. The van der Waals surface area contributed by atoms with Crippen molar-refractivity contribution >= 4 is 0 Å². The molecule has 0 saturated carbocycles. The molecule has 7 heteroatoms. The van der Waals surface area contributed by atoms with Gasteiger partial charge in [-0.2, -0.15) is 22.0 Å². The van der Waals surface area contributed by atoms with Crippen LogP contribution in [0.2, 0.25) is 0 Å². The zero-order chi connectivity index (χ0) is 10.9. The molecule has 0 radical (unpaired) electrons. The second kappa shape index (κ2) is 3.34. The van der Waals surface area contributed by atoms with Crippen LogP contribution in [0.1, 0.15) is 19.8 Å². The van der Waals surface area contributed by atoms with E-state index in [2.05, 4.69) is 0 Å². The third-order valence-corrected chi connectivity index (χ3v) is 1.36. The van der Waals surface area contributed by atoms with E-state index in [0.29, 0.717) is 0 Å². The van der Waals surface area contributed by atoms with Crippen molar-refractivity contribution in [1.29, 1.82) is 0 Å². The Morgan fingerprint density at radius 1 is 0.769 bits per heavy atom. The maximum absolute atomic E-state index is 12.2. The largest absolute Gasteiger partial charge is 0.389 e. The summed E-state index contributed by atoms with van der Waals surface area (Å²) in [6.45, 7) is -0.108. The lowest BCUT2D eigenvalue weighted by molar-refractivity contribution is -0.218. The van der Waals surface area contributed by atoms with Crippen molar-refractivity contribution in [2.24, 2.45) is 0 Å². The Morgan fingerprint density at radius 3 is 1.38 bits per heavy atom. The summed E-state index contributed by atoms with van der Waals surface area (Å²) in [5.74, 6) is -9.03. The van der Waals surface area contributed by atoms with Crippen molar-refractivity contribution in [3.63, 3.8) is 0 Å². The lowest BCUT2D eigenvalue weighted by atomic mass is 10.1. The summed E-state index contributed by atoms with van der Waals surface area (Å²) in [6.07, 6.45) is -8.64. The monoisotopic (exact) mass is 212 g/mol. The third kappa shape index (κ3) is 4.33. The summed E-state index contributed by atoms with van der Waals surface area (Å²) in [5.41, 5.74) is 0. The Hall–Kier alpha value is -0.490. The third-order valence-electron chi connectivity index (χ3n) is 1.36. The van der Waals surface area contributed by atoms with Gasteiger partial charge in [-0.3, -0.25) is 0 Å². The maximum atomic E-state index is 12.2. The first kappa shape index (κ1) is 12.5. The van der Waals surface area contributed by atoms with Crippen LogP contribution in [-0.4, -0.2) is 18.0 Å². The molecule has 0 heterocycles. The number of alkyl halides is 7. The van der Waals surface area contributed by atoms with Gasteiger partial charge in [0.25, 0.3) is 0 Å². The van der Waals surface area contributed by atoms with Crippen LogP contribution in [0.4, 0.5) is 30.7 Å². The smallest absolute Gasteiger partial charge is 0.200 e. The molecular weight excluding hydrogens is 205 g/mol. The van der Waals surface area contributed by atoms with Gasteiger partial charge in [-0.1, -0.05) is 0 Å². The summed E-state index contributed by atoms with van der Waals surface area (Å²) in [6, 6.07) is 0. The highest BCUT2D eigenvalue weighted by atomic mass is 19.4. The molecule has 0 aliphatic rings. The van der Waals surface area contributed by atoms with Gasteiger partial charge in [0.2, 0.25) is 0 Å². The fourth-order valence-electron chi connectivity index (χ4n) is 0.518. The van der Waals surface area contributed by atoms with Crippen molar-refractivity contribution < 1.29 is 30.7 Å². The second-order valence-corrected chi connectivity index (χ2v) is 2.71. The van der Waals surface area contributed by atoms with Crippen LogP contribution in [0.15, 0.2) is 0 Å². The molecule has 0 aromatic heterocycles. The molecule has 13 heavy (non-hydrogen) atoms. The summed E-state index contributed by atoms with van der Waals surface area (Å²) in [5, 5.41) is 0. The van der Waals surface area contributed by atoms with E-state index in [0.717, 1.165) is 0 Å². The van der Waals surface area contributed by atoms with Crippen molar-refractivity contribution in [1.82, 2.24) is 0 Å². The average molecular weight is 212 g/mol. The zero-order valence-corrected chi connectivity index (χ0v) is 6.56. The number of halogens is 7. The van der Waals surface area contributed by atoms with Crippen molar-refractivity contribution in [2.75, 3.05) is 0 Å². The van der Waals surface area contributed by atoms with Crippen LogP contribution in [-0.2, 0) is 0 Å². The molecule has 0 bridgehead atoms. The highest BCUT2D eigenvalue weighted by Gasteiger charge is 2.53. The van der Waals surface area contributed by atoms with E-state index in [-0.39, 0.29) is 6.92 Å². The SMILES string of the molecule is CC(F)(F)C(F)(F)CCC(F)(F)F. The topological polar surface area (TPSA) is 0 Å². The van der Waals surface area contributed by atoms with E-state index in [1.807, 2.05) is 0 Å². The van der Waals surface area contributed by atoms with Crippen LogP contribution in [0, 0.1) is 0 Å². The van der Waals surface area contributed by atoms with Gasteiger partial charge in [-0.25, -0.2) is 8.78 Å². The standard InChI is InChI=1S/C6H7F7/c1-4(7,8)5(9,10)2-3-6(11,12)13/h2-3H2,1H3. The second-order valence-electron chi connectivity index (χ2n) is 2.71. The molecule has 0 unspecified atom stereocenters. The Bertz CT molecular complexity index is 163. The molecule has 0 amide bonds. The first-order chi connectivity index (χ1) is 5.46. The molecule has 0 saturated heterocycles. The summed E-state index contributed by atoms with van der Waals surface area (Å²) < 4.78 is 82.5. The molecule has 0 spiro atoms. The van der Waals surface area contributed by atoms with E-state index in [1.165, 1.54) is 0 Å². The lowest BCUT2D eigenvalue weighted by Crippen LogP contribution is -2.38. The van der Waals surface area contributed by atoms with E-state index in [9.17, 15) is 30.7 Å². The van der Waals surface area contributed by atoms with E-state index in [1.54, 1.807) is 0 Å². The van der Waals surface area contributed by atoms with Gasteiger partial charge in [0, 0.05) is 19.8 Å². The molecule has 0 atom stereocenters. The highest BCUT2D eigenvalue weighted by Crippen LogP contribution is 2.39. The Balaban J connectivity index is 4.21. The predicted octanol–water partition coefficient (Wildman–Crippen LogP) is 3.62. The molecule has 0 rings (SSSR count). The normalized spacial score (nSPS) is 14.8. The number of hydrogen-bond donors (Lipinski definition) is 0. The molecule has 0 aliphatic heterocycles. The predicted molar refractivity (Wildman–Crippen MR) is 30.9 cm³/mol. The molecular formula is C6H7F7. The minimum absolute atomic E-state index is 0.108. The van der Waals surface area contributed by atoms with E-state index < -0.39 is 30.9 Å². The van der Waals surface area contributed by atoms with Gasteiger partial charge in [0.15, 0.2) is 0 Å². The van der Waals surface area contributed by atoms with E-state index in [4.69, 9.17) is 0 Å². The van der Waals surface area contributed by atoms with Gasteiger partial charge in [0.1, 0.15) is 0 Å². The number of hydrogen-bond acceptors (Lipinski definition) is 0. The summed E-state index contributed by atoms with van der Waals surface area (Å²) >= 11 is 0. The molecule has 0 aliphatic carbocycles. The lowest BCUT2D eigenvalue weighted by Gasteiger charge is -2.23. The van der Waals surface area contributed by atoms with Crippen LogP contribution in [0.5, 0.6) is 0 Å². The first-order valence-corrected chi connectivity index (χ1v) is 3.28. The Morgan fingerprint density at radius 2 is 1.15 bits per heavy atom. The highest BCUT2D eigenvalue weighted by molar-refractivity contribution is 4.81. The molecule has 0 fully saturated rings. The van der Waals surface area contributed by atoms with Crippen molar-refractivity contribution in [2.45, 2.75) is 37.8 Å². The minimum atomic E-state index is -4.84. The quantitative estimate of drug-likeness (QED) is 0.626. The molecule has 0 aromatic rings. The van der Waals surface area contributed by atoms with Crippen LogP contribution >= 0.6 is 0 Å². The molecule has 0 N–H and O–H groups in total. The van der Waals surface area contributed by atoms with Crippen molar-refractivity contribution in [3.05, 3.63) is 0 Å².